The van der Waals surface area contributed by atoms with Gasteiger partial charge in [0.2, 0.25) is 0 Å². The molecule has 0 aliphatic carbocycles. The molecule has 2 rings (SSSR count). The summed E-state index contributed by atoms with van der Waals surface area (Å²) in [5.41, 5.74) is 0.811. The van der Waals surface area contributed by atoms with Crippen molar-refractivity contribution in [1.82, 2.24) is 24.8 Å². The minimum Gasteiger partial charge on any atom is -0.505 e. The maximum Gasteiger partial charge on any atom is 0.153 e. The lowest BCUT2D eigenvalue weighted by Crippen LogP contribution is -1.99. The smallest absolute Gasteiger partial charge is 0.153 e. The van der Waals surface area contributed by atoms with E-state index in [0.29, 0.717) is 6.54 Å². The summed E-state index contributed by atoms with van der Waals surface area (Å²) in [6.07, 6.45) is 4.73. The van der Waals surface area contributed by atoms with Crippen LogP contribution in [0.2, 0.25) is 0 Å². The lowest BCUT2D eigenvalue weighted by atomic mass is 10.5. The van der Waals surface area contributed by atoms with Crippen LogP contribution < -0.4 is 0 Å². The molecule has 0 saturated carbocycles. The monoisotopic (exact) mass is 179 g/mol. The first kappa shape index (κ1) is 7.78. The van der Waals surface area contributed by atoms with Crippen LogP contribution in [0.4, 0.5) is 0 Å². The van der Waals surface area contributed by atoms with Crippen LogP contribution in [0.1, 0.15) is 5.69 Å². The van der Waals surface area contributed by atoms with Crippen LogP contribution in [-0.2, 0) is 13.6 Å². The van der Waals surface area contributed by atoms with E-state index in [-0.39, 0.29) is 5.75 Å². The molecule has 2 heterocycles. The van der Waals surface area contributed by atoms with Gasteiger partial charge in [-0.3, -0.25) is 9.36 Å². The van der Waals surface area contributed by atoms with Gasteiger partial charge in [0, 0.05) is 13.2 Å². The predicted molar refractivity (Wildman–Crippen MR) is 44.0 cm³/mol. The summed E-state index contributed by atoms with van der Waals surface area (Å²) in [5, 5.41) is 20.6. The highest BCUT2D eigenvalue weighted by molar-refractivity contribution is 5.09. The summed E-state index contributed by atoms with van der Waals surface area (Å²) >= 11 is 0. The average molecular weight is 179 g/mol. The highest BCUT2D eigenvalue weighted by Gasteiger charge is 2.00. The van der Waals surface area contributed by atoms with Gasteiger partial charge in [0.1, 0.15) is 5.69 Å². The van der Waals surface area contributed by atoms with E-state index in [4.69, 9.17) is 5.11 Å². The summed E-state index contributed by atoms with van der Waals surface area (Å²) in [5.74, 6) is 0.156. The van der Waals surface area contributed by atoms with Crippen molar-refractivity contribution >= 4 is 0 Å². The molecule has 0 bridgehead atoms. The first-order valence-electron chi connectivity index (χ1n) is 3.80. The molecular weight excluding hydrogens is 170 g/mol. The molecule has 2 aromatic heterocycles. The van der Waals surface area contributed by atoms with Crippen LogP contribution in [0.15, 0.2) is 18.6 Å². The zero-order valence-electron chi connectivity index (χ0n) is 7.12. The summed E-state index contributed by atoms with van der Waals surface area (Å²) in [6.45, 7) is 0.522. The third-order valence-corrected chi connectivity index (χ3v) is 1.59. The average Bonchev–Trinajstić information content (AvgIpc) is 2.62. The molecule has 0 spiro atoms. The number of aromatic nitrogens is 5. The molecule has 0 amide bonds. The van der Waals surface area contributed by atoms with Crippen molar-refractivity contribution in [3.8, 4) is 5.75 Å². The molecule has 6 heteroatoms. The van der Waals surface area contributed by atoms with E-state index in [0.717, 1.165) is 5.69 Å². The number of hydrogen-bond acceptors (Lipinski definition) is 4. The fourth-order valence-electron chi connectivity index (χ4n) is 1.07. The molecule has 6 nitrogen and oxygen atoms in total. The summed E-state index contributed by atoms with van der Waals surface area (Å²) < 4.78 is 3.22. The molecular formula is C7H9N5O. The van der Waals surface area contributed by atoms with Crippen LogP contribution in [0, 0.1) is 0 Å². The topological polar surface area (TPSA) is 68.8 Å². The van der Waals surface area contributed by atoms with Crippen LogP contribution in [0.5, 0.6) is 5.75 Å². The number of aromatic hydroxyl groups is 1. The van der Waals surface area contributed by atoms with Gasteiger partial charge in [0.15, 0.2) is 5.75 Å². The van der Waals surface area contributed by atoms with Crippen molar-refractivity contribution in [2.75, 3.05) is 0 Å². The molecule has 0 unspecified atom stereocenters. The SMILES string of the molecule is Cn1cc(Cn2cc(O)cn2)nn1. The molecule has 13 heavy (non-hydrogen) atoms. The van der Waals surface area contributed by atoms with E-state index in [1.165, 1.54) is 12.4 Å². The van der Waals surface area contributed by atoms with Gasteiger partial charge in [-0.25, -0.2) is 0 Å². The van der Waals surface area contributed by atoms with E-state index >= 15 is 0 Å². The summed E-state index contributed by atoms with van der Waals surface area (Å²) in [6, 6.07) is 0. The lowest BCUT2D eigenvalue weighted by molar-refractivity contribution is 0.474. The van der Waals surface area contributed by atoms with E-state index in [9.17, 15) is 0 Å². The van der Waals surface area contributed by atoms with Crippen molar-refractivity contribution in [2.45, 2.75) is 6.54 Å². The molecule has 0 radical (unpaired) electrons. The highest BCUT2D eigenvalue weighted by atomic mass is 16.3. The lowest BCUT2D eigenvalue weighted by Gasteiger charge is -1.93. The largest absolute Gasteiger partial charge is 0.505 e. The Kier molecular flexibility index (Phi) is 1.73. The van der Waals surface area contributed by atoms with Crippen LogP contribution in [-0.4, -0.2) is 29.9 Å². The Hall–Kier alpha value is -1.85. The van der Waals surface area contributed by atoms with Gasteiger partial charge in [-0.05, 0) is 0 Å². The Morgan fingerprint density at radius 2 is 2.31 bits per heavy atom. The Balaban J connectivity index is 2.14. The third-order valence-electron chi connectivity index (χ3n) is 1.59. The minimum atomic E-state index is 0.156. The molecule has 0 aliphatic heterocycles. The van der Waals surface area contributed by atoms with Crippen molar-refractivity contribution in [3.63, 3.8) is 0 Å². The predicted octanol–water partition coefficient (Wildman–Crippen LogP) is -0.235. The Labute approximate surface area is 74.4 Å². The second-order valence-electron chi connectivity index (χ2n) is 2.78. The minimum absolute atomic E-state index is 0.156. The van der Waals surface area contributed by atoms with Gasteiger partial charge in [0.05, 0.1) is 18.9 Å². The molecule has 0 aliphatic rings. The third kappa shape index (κ3) is 1.66. The first-order chi connectivity index (χ1) is 6.24. The maximum absolute atomic E-state index is 9.01. The summed E-state index contributed by atoms with van der Waals surface area (Å²) in [7, 11) is 1.80. The van der Waals surface area contributed by atoms with Crippen molar-refractivity contribution in [3.05, 3.63) is 24.3 Å². The molecule has 2 aromatic rings. The number of hydrogen-bond donors (Lipinski definition) is 1. The quantitative estimate of drug-likeness (QED) is 0.691. The van der Waals surface area contributed by atoms with Gasteiger partial charge in [0.25, 0.3) is 0 Å². The molecule has 0 saturated heterocycles. The maximum atomic E-state index is 9.01. The van der Waals surface area contributed by atoms with Crippen molar-refractivity contribution in [1.29, 1.82) is 0 Å². The zero-order chi connectivity index (χ0) is 9.26. The van der Waals surface area contributed by atoms with E-state index < -0.39 is 0 Å². The first-order valence-corrected chi connectivity index (χ1v) is 3.80. The summed E-state index contributed by atoms with van der Waals surface area (Å²) in [4.78, 5) is 0. The Morgan fingerprint density at radius 3 is 2.85 bits per heavy atom. The van der Waals surface area contributed by atoms with Gasteiger partial charge in [-0.1, -0.05) is 5.21 Å². The standard InChI is InChI=1S/C7H9N5O/c1-11-3-6(9-10-11)4-12-5-7(13)2-8-12/h2-3,5,13H,4H2,1H3. The van der Waals surface area contributed by atoms with E-state index in [2.05, 4.69) is 15.4 Å². The van der Waals surface area contributed by atoms with Gasteiger partial charge < -0.3 is 5.11 Å². The Morgan fingerprint density at radius 1 is 1.46 bits per heavy atom. The second kappa shape index (κ2) is 2.89. The molecule has 68 valence electrons. The fourth-order valence-corrected chi connectivity index (χ4v) is 1.07. The van der Waals surface area contributed by atoms with Gasteiger partial charge in [-0.2, -0.15) is 5.10 Å². The van der Waals surface area contributed by atoms with Crippen LogP contribution in [0.25, 0.3) is 0 Å². The number of nitrogens with zero attached hydrogens (tertiary/aromatic N) is 5. The molecule has 0 fully saturated rings. The van der Waals surface area contributed by atoms with E-state index in [1.54, 1.807) is 22.6 Å². The molecule has 0 atom stereocenters. The van der Waals surface area contributed by atoms with Crippen molar-refractivity contribution in [2.24, 2.45) is 7.05 Å². The van der Waals surface area contributed by atoms with Gasteiger partial charge in [-0.15, -0.1) is 5.10 Å². The van der Waals surface area contributed by atoms with Crippen molar-refractivity contribution < 1.29 is 5.11 Å². The molecule has 1 N–H and O–H groups in total. The number of aryl methyl sites for hydroxylation is 1. The molecule has 0 aromatic carbocycles. The number of rotatable bonds is 2. The second-order valence-corrected chi connectivity index (χ2v) is 2.78. The zero-order valence-corrected chi connectivity index (χ0v) is 7.12. The normalized spacial score (nSPS) is 10.5. The highest BCUT2D eigenvalue weighted by Crippen LogP contribution is 2.05. The Bertz CT molecular complexity index is 366. The van der Waals surface area contributed by atoms with E-state index in [1.807, 2.05) is 0 Å². The fraction of sp³-hybridized carbons (Fsp3) is 0.286. The van der Waals surface area contributed by atoms with Crippen LogP contribution in [0.3, 0.4) is 0 Å². The van der Waals surface area contributed by atoms with Gasteiger partial charge >= 0.3 is 0 Å². The van der Waals surface area contributed by atoms with Crippen LogP contribution >= 0.6 is 0 Å².